The number of anilines is 1. The van der Waals surface area contributed by atoms with Crippen LogP contribution in [-0.2, 0) is 0 Å². The van der Waals surface area contributed by atoms with Crippen molar-refractivity contribution in [3.05, 3.63) is 42.6 Å². The Hall–Kier alpha value is -1.57. The highest BCUT2D eigenvalue weighted by atomic mass is 14.8. The summed E-state index contributed by atoms with van der Waals surface area (Å²) in [6.07, 6.45) is 2.93. The van der Waals surface area contributed by atoms with Gasteiger partial charge in [-0.1, -0.05) is 18.7 Å². The first-order valence-electron chi connectivity index (χ1n) is 3.35. The number of rotatable bonds is 3. The first-order valence-corrected chi connectivity index (χ1v) is 3.35. The summed E-state index contributed by atoms with van der Waals surface area (Å²) in [6, 6.07) is 7.58. The van der Waals surface area contributed by atoms with Crippen LogP contribution in [0.5, 0.6) is 0 Å². The Morgan fingerprint density at radius 3 is 2.91 bits per heavy atom. The van der Waals surface area contributed by atoms with E-state index in [-0.39, 0.29) is 0 Å². The van der Waals surface area contributed by atoms with Crippen LogP contribution in [0.4, 0.5) is 5.69 Å². The van der Waals surface area contributed by atoms with Crippen LogP contribution >= 0.6 is 0 Å². The van der Waals surface area contributed by atoms with Crippen LogP contribution in [0.1, 0.15) is 5.56 Å². The van der Waals surface area contributed by atoms with Gasteiger partial charge in [0.1, 0.15) is 0 Å². The van der Waals surface area contributed by atoms with Crippen molar-refractivity contribution in [3.63, 3.8) is 0 Å². The summed E-state index contributed by atoms with van der Waals surface area (Å²) in [5.41, 5.74) is 1.85. The van der Waals surface area contributed by atoms with Crippen LogP contribution in [-0.4, -0.2) is 6.21 Å². The van der Waals surface area contributed by atoms with Gasteiger partial charge in [0, 0.05) is 11.9 Å². The number of hydrogen-bond acceptors (Lipinski definition) is 2. The van der Waals surface area contributed by atoms with Gasteiger partial charge in [-0.3, -0.25) is 0 Å². The van der Waals surface area contributed by atoms with Crippen LogP contribution in [0.3, 0.4) is 0 Å². The second-order valence-corrected chi connectivity index (χ2v) is 2.12. The second kappa shape index (κ2) is 3.56. The predicted molar refractivity (Wildman–Crippen MR) is 48.1 cm³/mol. The van der Waals surface area contributed by atoms with E-state index in [0.29, 0.717) is 0 Å². The Morgan fingerprint density at radius 2 is 2.27 bits per heavy atom. The quantitative estimate of drug-likeness (QED) is 0.630. The van der Waals surface area contributed by atoms with E-state index < -0.39 is 0 Å². The zero-order valence-corrected chi connectivity index (χ0v) is 6.17. The molecule has 0 atom stereocenters. The van der Waals surface area contributed by atoms with E-state index in [2.05, 4.69) is 11.9 Å². The van der Waals surface area contributed by atoms with Crippen molar-refractivity contribution in [2.24, 2.45) is 0 Å². The maximum Gasteiger partial charge on any atom is 0.0386 e. The molecule has 0 aliphatic carbocycles. The molecule has 0 bridgehead atoms. The molecule has 0 aliphatic rings. The third kappa shape index (κ3) is 1.93. The number of benzene rings is 1. The molecule has 1 aromatic rings. The van der Waals surface area contributed by atoms with E-state index in [9.17, 15) is 0 Å². The lowest BCUT2D eigenvalue weighted by molar-refractivity contribution is 1.52. The van der Waals surface area contributed by atoms with Gasteiger partial charge in [0.2, 0.25) is 0 Å². The maximum atomic E-state index is 6.99. The Bertz CT molecular complexity index is 266. The van der Waals surface area contributed by atoms with Crippen LogP contribution in [0, 0.1) is 5.41 Å². The smallest absolute Gasteiger partial charge is 0.0386 e. The minimum atomic E-state index is 0.886. The van der Waals surface area contributed by atoms with Gasteiger partial charge in [0.05, 0.1) is 0 Å². The molecule has 56 valence electrons. The maximum absolute atomic E-state index is 6.99. The molecule has 0 aliphatic heterocycles. The lowest BCUT2D eigenvalue weighted by atomic mass is 10.2. The third-order valence-corrected chi connectivity index (χ3v) is 1.32. The molecule has 0 fully saturated rings. The number of hydrogen-bond donors (Lipinski definition) is 2. The van der Waals surface area contributed by atoms with E-state index >= 15 is 0 Å². The molecular weight excluding hydrogens is 136 g/mol. The van der Waals surface area contributed by atoms with Crippen LogP contribution < -0.4 is 5.32 Å². The van der Waals surface area contributed by atoms with Gasteiger partial charge in [0.15, 0.2) is 0 Å². The van der Waals surface area contributed by atoms with E-state index in [0.717, 1.165) is 11.3 Å². The lowest BCUT2D eigenvalue weighted by Gasteiger charge is -1.99. The average molecular weight is 146 g/mol. The molecule has 0 aromatic heterocycles. The van der Waals surface area contributed by atoms with Gasteiger partial charge in [-0.2, -0.15) is 0 Å². The predicted octanol–water partition coefficient (Wildman–Crippen LogP) is 2.24. The van der Waals surface area contributed by atoms with E-state index in [1.165, 1.54) is 6.21 Å². The molecule has 0 heterocycles. The Kier molecular flexibility index (Phi) is 2.44. The zero-order chi connectivity index (χ0) is 8.10. The molecule has 2 N–H and O–H groups in total. The number of nitrogens with one attached hydrogen (secondary N) is 2. The Morgan fingerprint density at radius 1 is 1.45 bits per heavy atom. The summed E-state index contributed by atoms with van der Waals surface area (Å²) >= 11 is 0. The van der Waals surface area contributed by atoms with Crippen molar-refractivity contribution in [1.29, 1.82) is 5.41 Å². The zero-order valence-electron chi connectivity index (χ0n) is 6.17. The lowest BCUT2D eigenvalue weighted by Crippen LogP contribution is -1.87. The van der Waals surface area contributed by atoms with Crippen molar-refractivity contribution in [2.75, 3.05) is 5.32 Å². The molecule has 0 unspecified atom stereocenters. The molecule has 0 radical (unpaired) electrons. The standard InChI is InChI=1S/C9H10N2/c1-2-11-9-5-3-4-8(6-9)7-10/h2-7,10-11H,1H2. The van der Waals surface area contributed by atoms with Crippen molar-refractivity contribution in [2.45, 2.75) is 0 Å². The Labute approximate surface area is 66.1 Å². The topological polar surface area (TPSA) is 35.9 Å². The summed E-state index contributed by atoms with van der Waals surface area (Å²) in [7, 11) is 0. The molecular formula is C9H10N2. The molecule has 0 spiro atoms. The van der Waals surface area contributed by atoms with Crippen LogP contribution in [0.2, 0.25) is 0 Å². The normalized spacial score (nSPS) is 8.73. The second-order valence-electron chi connectivity index (χ2n) is 2.12. The van der Waals surface area contributed by atoms with Gasteiger partial charge in [0.25, 0.3) is 0 Å². The minimum absolute atomic E-state index is 0.886. The summed E-state index contributed by atoms with van der Waals surface area (Å²) in [5, 5.41) is 9.94. The summed E-state index contributed by atoms with van der Waals surface area (Å²) in [4.78, 5) is 0. The summed E-state index contributed by atoms with van der Waals surface area (Å²) < 4.78 is 0. The van der Waals surface area contributed by atoms with Crippen LogP contribution in [0.25, 0.3) is 0 Å². The van der Waals surface area contributed by atoms with Crippen molar-refractivity contribution < 1.29 is 0 Å². The molecule has 2 nitrogen and oxygen atoms in total. The van der Waals surface area contributed by atoms with Crippen molar-refractivity contribution in [3.8, 4) is 0 Å². The minimum Gasteiger partial charge on any atom is -0.362 e. The molecule has 0 amide bonds. The van der Waals surface area contributed by atoms with E-state index in [4.69, 9.17) is 5.41 Å². The molecule has 2 heteroatoms. The van der Waals surface area contributed by atoms with E-state index in [1.54, 1.807) is 6.20 Å². The fraction of sp³-hybridized carbons (Fsp3) is 0. The molecule has 1 aromatic carbocycles. The third-order valence-electron chi connectivity index (χ3n) is 1.32. The molecule has 0 saturated carbocycles. The van der Waals surface area contributed by atoms with Crippen molar-refractivity contribution >= 4 is 11.9 Å². The highest BCUT2D eigenvalue weighted by molar-refractivity contribution is 5.78. The first kappa shape index (κ1) is 7.54. The first-order chi connectivity index (χ1) is 5.36. The Balaban J connectivity index is 2.90. The SMILES string of the molecule is C=CNc1cccc(C=N)c1. The van der Waals surface area contributed by atoms with Gasteiger partial charge in [-0.25, -0.2) is 0 Å². The fourth-order valence-electron chi connectivity index (χ4n) is 0.836. The highest BCUT2D eigenvalue weighted by Crippen LogP contribution is 2.08. The fourth-order valence-corrected chi connectivity index (χ4v) is 0.836. The monoisotopic (exact) mass is 146 g/mol. The van der Waals surface area contributed by atoms with E-state index in [1.807, 2.05) is 24.3 Å². The van der Waals surface area contributed by atoms with Gasteiger partial charge in [-0.05, 0) is 23.9 Å². The molecule has 1 rings (SSSR count). The largest absolute Gasteiger partial charge is 0.362 e. The summed E-state index contributed by atoms with van der Waals surface area (Å²) in [5.74, 6) is 0. The molecule has 0 saturated heterocycles. The summed E-state index contributed by atoms with van der Waals surface area (Å²) in [6.45, 7) is 3.54. The van der Waals surface area contributed by atoms with Gasteiger partial charge >= 0.3 is 0 Å². The average Bonchev–Trinajstić information content (AvgIpc) is 2.06. The van der Waals surface area contributed by atoms with Gasteiger partial charge < -0.3 is 10.7 Å². The van der Waals surface area contributed by atoms with Crippen molar-refractivity contribution in [1.82, 2.24) is 0 Å². The highest BCUT2D eigenvalue weighted by Gasteiger charge is 1.88. The van der Waals surface area contributed by atoms with Gasteiger partial charge in [-0.15, -0.1) is 0 Å². The van der Waals surface area contributed by atoms with Crippen LogP contribution in [0.15, 0.2) is 37.0 Å². The molecule has 11 heavy (non-hydrogen) atoms.